The first kappa shape index (κ1) is 25.7. The molecule has 0 saturated carbocycles. The highest BCUT2D eigenvalue weighted by Crippen LogP contribution is 2.15. The fourth-order valence-electron chi connectivity index (χ4n) is 2.22. The SMILES string of the molecule is C[Si](C)(C)N[C@H](C(=O)O[Si](C)(C)C)[C@@H](N[Si](C)(C)C)C(=O)O[Si](C)(C)C. The Labute approximate surface area is 164 Å². The van der Waals surface area contributed by atoms with E-state index in [9.17, 15) is 9.59 Å². The van der Waals surface area contributed by atoms with Gasteiger partial charge >= 0.3 is 11.9 Å². The van der Waals surface area contributed by atoms with E-state index >= 15 is 0 Å². The van der Waals surface area contributed by atoms with Crippen molar-refractivity contribution in [1.82, 2.24) is 9.96 Å². The fraction of sp³-hybridized carbons (Fsp3) is 0.875. The first-order valence-corrected chi connectivity index (χ1v) is 23.0. The second-order valence-corrected chi connectivity index (χ2v) is 29.2. The van der Waals surface area contributed by atoms with Crippen LogP contribution >= 0.6 is 0 Å². The van der Waals surface area contributed by atoms with Crippen LogP contribution in [-0.2, 0) is 18.4 Å². The maximum Gasteiger partial charge on any atom is 0.311 e. The molecule has 0 spiro atoms. The van der Waals surface area contributed by atoms with Crippen LogP contribution in [0.15, 0.2) is 0 Å². The highest BCUT2D eigenvalue weighted by Gasteiger charge is 2.42. The molecule has 154 valence electrons. The van der Waals surface area contributed by atoms with E-state index < -0.39 is 45.2 Å². The van der Waals surface area contributed by atoms with Crippen molar-refractivity contribution in [1.29, 1.82) is 0 Å². The van der Waals surface area contributed by atoms with Crippen LogP contribution in [-0.4, -0.2) is 57.1 Å². The Kier molecular flexibility index (Phi) is 8.73. The maximum atomic E-state index is 13.0. The molecule has 0 bridgehead atoms. The molecule has 2 atom stereocenters. The average molecular weight is 437 g/mol. The zero-order chi connectivity index (χ0) is 21.1. The van der Waals surface area contributed by atoms with Crippen molar-refractivity contribution in [3.63, 3.8) is 0 Å². The van der Waals surface area contributed by atoms with Crippen LogP contribution in [0.25, 0.3) is 0 Å². The number of carbonyl (C=O) groups is 2. The van der Waals surface area contributed by atoms with Gasteiger partial charge in [0, 0.05) is 0 Å². The first-order valence-electron chi connectivity index (χ1n) is 9.21. The minimum atomic E-state index is -2.08. The molecule has 0 amide bonds. The lowest BCUT2D eigenvalue weighted by Crippen LogP contribution is -2.67. The van der Waals surface area contributed by atoms with Gasteiger partial charge in [-0.05, 0) is 39.3 Å². The fourth-order valence-corrected chi connectivity index (χ4v) is 6.12. The van der Waals surface area contributed by atoms with E-state index in [0.717, 1.165) is 0 Å². The van der Waals surface area contributed by atoms with Crippen molar-refractivity contribution in [2.45, 2.75) is 90.6 Å². The van der Waals surface area contributed by atoms with E-state index in [4.69, 9.17) is 8.85 Å². The van der Waals surface area contributed by atoms with Crippen molar-refractivity contribution >= 4 is 45.0 Å². The molecule has 6 nitrogen and oxygen atoms in total. The normalized spacial score (nSPS) is 16.0. The summed E-state index contributed by atoms with van der Waals surface area (Å²) in [5, 5.41) is 0. The molecule has 0 saturated heterocycles. The predicted molar refractivity (Wildman–Crippen MR) is 119 cm³/mol. The molecule has 0 aromatic heterocycles. The summed E-state index contributed by atoms with van der Waals surface area (Å²) < 4.78 is 11.5. The van der Waals surface area contributed by atoms with Crippen LogP contribution in [0.5, 0.6) is 0 Å². The highest BCUT2D eigenvalue weighted by molar-refractivity contribution is 6.75. The van der Waals surface area contributed by atoms with E-state index in [1.54, 1.807) is 0 Å². The lowest BCUT2D eigenvalue weighted by atomic mass is 10.1. The molecule has 0 radical (unpaired) electrons. The molecule has 0 aliphatic carbocycles. The van der Waals surface area contributed by atoms with Gasteiger partial charge in [-0.15, -0.1) is 0 Å². The minimum Gasteiger partial charge on any atom is -0.519 e. The highest BCUT2D eigenvalue weighted by atomic mass is 28.4. The third kappa shape index (κ3) is 12.2. The monoisotopic (exact) mass is 436 g/mol. The van der Waals surface area contributed by atoms with Gasteiger partial charge in [-0.25, -0.2) is 0 Å². The van der Waals surface area contributed by atoms with E-state index in [1.165, 1.54) is 0 Å². The maximum absolute atomic E-state index is 13.0. The second-order valence-electron chi connectivity index (χ2n) is 10.8. The van der Waals surface area contributed by atoms with Gasteiger partial charge in [0.25, 0.3) is 0 Å². The van der Waals surface area contributed by atoms with Gasteiger partial charge in [0.1, 0.15) is 28.6 Å². The Morgan fingerprint density at radius 3 is 0.962 bits per heavy atom. The second kappa shape index (κ2) is 8.82. The van der Waals surface area contributed by atoms with Gasteiger partial charge in [0.05, 0.1) is 0 Å². The number of hydrogen-bond donors (Lipinski definition) is 2. The summed E-state index contributed by atoms with van der Waals surface area (Å²) in [7, 11) is -7.87. The van der Waals surface area contributed by atoms with Crippen molar-refractivity contribution in [2.24, 2.45) is 0 Å². The Morgan fingerprint density at radius 2 is 0.808 bits per heavy atom. The molecule has 10 heteroatoms. The molecule has 0 aliphatic heterocycles. The van der Waals surface area contributed by atoms with Gasteiger partial charge < -0.3 is 18.8 Å². The molecule has 0 rings (SSSR count). The number of carbonyl (C=O) groups excluding carboxylic acids is 2. The Hall–Kier alpha value is -0.272. The zero-order valence-electron chi connectivity index (χ0n) is 18.8. The summed E-state index contributed by atoms with van der Waals surface area (Å²) in [5.41, 5.74) is 0. The van der Waals surface area contributed by atoms with Crippen LogP contribution in [0.3, 0.4) is 0 Å². The zero-order valence-corrected chi connectivity index (χ0v) is 22.8. The third-order valence-corrected chi connectivity index (χ3v) is 6.81. The number of nitrogens with one attached hydrogen (secondary N) is 2. The van der Waals surface area contributed by atoms with Crippen molar-refractivity contribution < 1.29 is 18.4 Å². The molecular weight excluding hydrogens is 397 g/mol. The Bertz CT molecular complexity index is 456. The lowest BCUT2D eigenvalue weighted by molar-refractivity contribution is -0.145. The lowest BCUT2D eigenvalue weighted by Gasteiger charge is -2.36. The summed E-state index contributed by atoms with van der Waals surface area (Å²) in [4.78, 5) is 32.8. The first-order chi connectivity index (χ1) is 11.2. The van der Waals surface area contributed by atoms with E-state index in [0.29, 0.717) is 0 Å². The molecule has 0 fully saturated rings. The average Bonchev–Trinajstić information content (AvgIpc) is 2.26. The van der Waals surface area contributed by atoms with Crippen molar-refractivity contribution in [3.8, 4) is 0 Å². The predicted octanol–water partition coefficient (Wildman–Crippen LogP) is 3.33. The third-order valence-electron chi connectivity index (χ3n) is 2.83. The van der Waals surface area contributed by atoms with Crippen LogP contribution < -0.4 is 9.96 Å². The molecule has 2 N–H and O–H groups in total. The summed E-state index contributed by atoms with van der Waals surface area (Å²) >= 11 is 0. The van der Waals surface area contributed by atoms with Crippen molar-refractivity contribution in [2.75, 3.05) is 0 Å². The van der Waals surface area contributed by atoms with Gasteiger partial charge in [0.2, 0.25) is 16.6 Å². The van der Waals surface area contributed by atoms with Gasteiger partial charge in [0.15, 0.2) is 0 Å². The summed E-state index contributed by atoms with van der Waals surface area (Å²) in [6.45, 7) is 24.5. The van der Waals surface area contributed by atoms with E-state index in [2.05, 4.69) is 49.2 Å². The van der Waals surface area contributed by atoms with Crippen LogP contribution in [0.1, 0.15) is 0 Å². The molecule has 0 aromatic carbocycles. The van der Waals surface area contributed by atoms with Gasteiger partial charge in [-0.2, -0.15) is 0 Å². The van der Waals surface area contributed by atoms with Crippen LogP contribution in [0.2, 0.25) is 78.6 Å². The Morgan fingerprint density at radius 1 is 0.577 bits per heavy atom. The van der Waals surface area contributed by atoms with Gasteiger partial charge in [-0.3, -0.25) is 9.59 Å². The topological polar surface area (TPSA) is 76.7 Å². The van der Waals surface area contributed by atoms with Crippen LogP contribution in [0, 0.1) is 0 Å². The quantitative estimate of drug-likeness (QED) is 0.540. The number of hydrogen-bond acceptors (Lipinski definition) is 6. The summed E-state index contributed by atoms with van der Waals surface area (Å²) in [6, 6.07) is -1.46. The molecular formula is C16H40N2O4Si4. The summed E-state index contributed by atoms with van der Waals surface area (Å²) in [5.74, 6) is -0.704. The molecule has 0 heterocycles. The van der Waals surface area contributed by atoms with E-state index in [-0.39, 0.29) is 11.9 Å². The largest absolute Gasteiger partial charge is 0.519 e. The number of rotatable bonds is 9. The standard InChI is InChI=1S/C16H40N2O4Si4/c1-23(2,3)17-13(15(19)21-25(7,8)9)14(18-24(4,5)6)16(20)22-26(10,11)12/h13-14,17-18H,1-12H3/t13-,14+. The van der Waals surface area contributed by atoms with Gasteiger partial charge in [-0.1, -0.05) is 39.3 Å². The minimum absolute atomic E-state index is 0.352. The van der Waals surface area contributed by atoms with Crippen LogP contribution in [0.4, 0.5) is 0 Å². The smallest absolute Gasteiger partial charge is 0.311 e. The summed E-state index contributed by atoms with van der Waals surface area (Å²) in [6.07, 6.45) is 0. The molecule has 26 heavy (non-hydrogen) atoms. The van der Waals surface area contributed by atoms with E-state index in [1.807, 2.05) is 39.3 Å². The van der Waals surface area contributed by atoms with Crippen molar-refractivity contribution in [3.05, 3.63) is 0 Å². The Balaban J connectivity index is 5.89. The molecule has 0 aliphatic rings. The molecule has 0 aromatic rings. The molecule has 0 unspecified atom stereocenters.